The van der Waals surface area contributed by atoms with Crippen LogP contribution in [0.5, 0.6) is 0 Å². The Bertz CT molecular complexity index is 272. The molecule has 0 aliphatic rings. The van der Waals surface area contributed by atoms with Crippen molar-refractivity contribution in [2.24, 2.45) is 0 Å². The standard InChI is InChI=1S/C11H21F3N2O2/c1-4-6-15-10(2,9(17)18)8-16(3)7-5-11(12,13)14/h15H,4-8H2,1-3H3,(H,17,18). The molecule has 0 fully saturated rings. The van der Waals surface area contributed by atoms with Crippen molar-refractivity contribution in [3.05, 3.63) is 0 Å². The molecule has 0 saturated carbocycles. The second-order valence-electron chi connectivity index (χ2n) is 4.67. The molecule has 0 radical (unpaired) electrons. The van der Waals surface area contributed by atoms with Gasteiger partial charge in [0.2, 0.25) is 0 Å². The molecule has 18 heavy (non-hydrogen) atoms. The second-order valence-corrected chi connectivity index (χ2v) is 4.67. The van der Waals surface area contributed by atoms with Crippen LogP contribution < -0.4 is 5.32 Å². The molecule has 0 bridgehead atoms. The summed E-state index contributed by atoms with van der Waals surface area (Å²) in [6.45, 7) is 3.70. The topological polar surface area (TPSA) is 52.6 Å². The van der Waals surface area contributed by atoms with Gasteiger partial charge in [-0.1, -0.05) is 6.92 Å². The lowest BCUT2D eigenvalue weighted by atomic mass is 10.0. The normalized spacial score (nSPS) is 15.7. The van der Waals surface area contributed by atoms with Crippen LogP contribution in [-0.4, -0.2) is 54.4 Å². The first-order valence-corrected chi connectivity index (χ1v) is 5.84. The van der Waals surface area contributed by atoms with Crippen LogP contribution in [0.3, 0.4) is 0 Å². The van der Waals surface area contributed by atoms with Crippen LogP contribution in [-0.2, 0) is 4.79 Å². The highest BCUT2D eigenvalue weighted by Crippen LogP contribution is 2.20. The van der Waals surface area contributed by atoms with Gasteiger partial charge in [-0.15, -0.1) is 0 Å². The molecule has 0 aromatic heterocycles. The number of carboxylic acid groups (broad SMARTS) is 1. The molecule has 0 saturated heterocycles. The highest BCUT2D eigenvalue weighted by molar-refractivity contribution is 5.78. The zero-order valence-electron chi connectivity index (χ0n) is 11.0. The minimum absolute atomic E-state index is 0.0262. The van der Waals surface area contributed by atoms with Gasteiger partial charge in [-0.25, -0.2) is 0 Å². The molecular weight excluding hydrogens is 249 g/mol. The molecule has 1 atom stereocenters. The van der Waals surface area contributed by atoms with Crippen LogP contribution >= 0.6 is 0 Å². The van der Waals surface area contributed by atoms with Crippen LogP contribution in [0, 0.1) is 0 Å². The summed E-state index contributed by atoms with van der Waals surface area (Å²) >= 11 is 0. The van der Waals surface area contributed by atoms with Crippen LogP contribution in [0.15, 0.2) is 0 Å². The SMILES string of the molecule is CCCNC(C)(CN(C)CCC(F)(F)F)C(=O)O. The number of halogens is 3. The van der Waals surface area contributed by atoms with Gasteiger partial charge < -0.3 is 15.3 Å². The van der Waals surface area contributed by atoms with E-state index in [1.807, 2.05) is 6.92 Å². The molecule has 2 N–H and O–H groups in total. The van der Waals surface area contributed by atoms with E-state index in [0.29, 0.717) is 6.54 Å². The number of hydrogen-bond donors (Lipinski definition) is 2. The van der Waals surface area contributed by atoms with E-state index in [0.717, 1.165) is 6.42 Å². The van der Waals surface area contributed by atoms with Crippen molar-refractivity contribution in [3.8, 4) is 0 Å². The number of nitrogens with zero attached hydrogens (tertiary/aromatic N) is 1. The smallest absolute Gasteiger partial charge is 0.390 e. The summed E-state index contributed by atoms with van der Waals surface area (Å²) < 4.78 is 36.2. The van der Waals surface area contributed by atoms with Crippen LogP contribution in [0.2, 0.25) is 0 Å². The van der Waals surface area contributed by atoms with E-state index in [9.17, 15) is 18.0 Å². The minimum atomic E-state index is -4.22. The van der Waals surface area contributed by atoms with Crippen LogP contribution in [0.4, 0.5) is 13.2 Å². The monoisotopic (exact) mass is 270 g/mol. The van der Waals surface area contributed by atoms with Gasteiger partial charge in [0.15, 0.2) is 0 Å². The summed E-state index contributed by atoms with van der Waals surface area (Å²) in [4.78, 5) is 12.5. The number of alkyl halides is 3. The Balaban J connectivity index is 4.36. The molecule has 0 amide bonds. The fourth-order valence-corrected chi connectivity index (χ4v) is 1.54. The van der Waals surface area contributed by atoms with Gasteiger partial charge in [0.25, 0.3) is 0 Å². The number of hydrogen-bond acceptors (Lipinski definition) is 3. The van der Waals surface area contributed by atoms with Crippen LogP contribution in [0.25, 0.3) is 0 Å². The molecule has 0 spiro atoms. The predicted molar refractivity (Wildman–Crippen MR) is 62.5 cm³/mol. The van der Waals surface area contributed by atoms with Crippen LogP contribution in [0.1, 0.15) is 26.7 Å². The summed E-state index contributed by atoms with van der Waals surface area (Å²) in [5.41, 5.74) is -1.23. The number of aliphatic carboxylic acids is 1. The Morgan fingerprint density at radius 3 is 2.33 bits per heavy atom. The molecule has 0 aliphatic carbocycles. The highest BCUT2D eigenvalue weighted by atomic mass is 19.4. The number of carboxylic acids is 1. The van der Waals surface area contributed by atoms with Crippen molar-refractivity contribution in [1.29, 1.82) is 0 Å². The molecule has 108 valence electrons. The van der Waals surface area contributed by atoms with E-state index in [2.05, 4.69) is 5.32 Å². The van der Waals surface area contributed by atoms with Gasteiger partial charge in [-0.3, -0.25) is 4.79 Å². The number of rotatable bonds is 8. The maximum atomic E-state index is 12.1. The Kier molecular flexibility index (Phi) is 6.62. The summed E-state index contributed by atoms with van der Waals surface area (Å²) in [5.74, 6) is -1.06. The molecule has 0 aromatic rings. The molecule has 4 nitrogen and oxygen atoms in total. The van der Waals surface area contributed by atoms with Gasteiger partial charge in [-0.05, 0) is 26.9 Å². The fourth-order valence-electron chi connectivity index (χ4n) is 1.54. The van der Waals surface area contributed by atoms with Gasteiger partial charge in [-0.2, -0.15) is 13.2 Å². The first-order chi connectivity index (χ1) is 8.10. The zero-order chi connectivity index (χ0) is 14.4. The number of likely N-dealkylation sites (N-methyl/N-ethyl adjacent to an activating group) is 1. The summed E-state index contributed by atoms with van der Waals surface area (Å²) in [7, 11) is 1.49. The molecule has 0 heterocycles. The van der Waals surface area contributed by atoms with E-state index in [-0.39, 0.29) is 13.1 Å². The Labute approximate surface area is 105 Å². The first-order valence-electron chi connectivity index (χ1n) is 5.84. The quantitative estimate of drug-likeness (QED) is 0.705. The lowest BCUT2D eigenvalue weighted by molar-refractivity contribution is -0.146. The van der Waals surface area contributed by atoms with Crippen molar-refractivity contribution in [3.63, 3.8) is 0 Å². The second kappa shape index (κ2) is 6.94. The maximum absolute atomic E-state index is 12.1. The van der Waals surface area contributed by atoms with Crippen molar-refractivity contribution in [2.75, 3.05) is 26.7 Å². The molecular formula is C11H21F3N2O2. The molecule has 7 heteroatoms. The average molecular weight is 270 g/mol. The minimum Gasteiger partial charge on any atom is -0.480 e. The largest absolute Gasteiger partial charge is 0.480 e. The lowest BCUT2D eigenvalue weighted by Gasteiger charge is -2.31. The van der Waals surface area contributed by atoms with Crippen molar-refractivity contribution in [1.82, 2.24) is 10.2 Å². The Morgan fingerprint density at radius 2 is 1.94 bits per heavy atom. The number of carbonyl (C=O) groups is 1. The van der Waals surface area contributed by atoms with Gasteiger partial charge in [0.1, 0.15) is 5.54 Å². The summed E-state index contributed by atoms with van der Waals surface area (Å²) in [5, 5.41) is 12.0. The third-order valence-electron chi connectivity index (χ3n) is 2.60. The van der Waals surface area contributed by atoms with E-state index in [4.69, 9.17) is 5.11 Å². The highest BCUT2D eigenvalue weighted by Gasteiger charge is 2.34. The third kappa shape index (κ3) is 6.80. The summed E-state index contributed by atoms with van der Waals surface area (Å²) in [6, 6.07) is 0. The number of nitrogens with one attached hydrogen (secondary N) is 1. The van der Waals surface area contributed by atoms with Gasteiger partial charge >= 0.3 is 12.1 Å². The van der Waals surface area contributed by atoms with E-state index in [1.54, 1.807) is 0 Å². The van der Waals surface area contributed by atoms with Crippen molar-refractivity contribution in [2.45, 2.75) is 38.4 Å². The van der Waals surface area contributed by atoms with E-state index >= 15 is 0 Å². The average Bonchev–Trinajstić information content (AvgIpc) is 2.22. The molecule has 0 aromatic carbocycles. The fraction of sp³-hybridized carbons (Fsp3) is 0.909. The molecule has 0 aliphatic heterocycles. The Morgan fingerprint density at radius 1 is 1.39 bits per heavy atom. The summed E-state index contributed by atoms with van der Waals surface area (Å²) in [6.07, 6.45) is -4.40. The van der Waals surface area contributed by atoms with E-state index in [1.165, 1.54) is 18.9 Å². The van der Waals surface area contributed by atoms with E-state index < -0.39 is 24.1 Å². The van der Waals surface area contributed by atoms with Gasteiger partial charge in [0, 0.05) is 13.1 Å². The van der Waals surface area contributed by atoms with Gasteiger partial charge in [0.05, 0.1) is 6.42 Å². The third-order valence-corrected chi connectivity index (χ3v) is 2.60. The lowest BCUT2D eigenvalue weighted by Crippen LogP contribution is -2.56. The predicted octanol–water partition coefficient (Wildman–Crippen LogP) is 1.71. The first kappa shape index (κ1) is 17.2. The maximum Gasteiger partial charge on any atom is 0.390 e. The Hall–Kier alpha value is -0.820. The van der Waals surface area contributed by atoms with Crippen molar-refractivity contribution < 1.29 is 23.1 Å². The van der Waals surface area contributed by atoms with Crippen molar-refractivity contribution >= 4 is 5.97 Å². The zero-order valence-corrected chi connectivity index (χ0v) is 11.0. The molecule has 1 unspecified atom stereocenters. The molecule has 0 rings (SSSR count).